The van der Waals surface area contributed by atoms with Crippen molar-refractivity contribution in [1.29, 1.82) is 0 Å². The quantitative estimate of drug-likeness (QED) is 0.443. The van der Waals surface area contributed by atoms with Crippen molar-refractivity contribution in [3.05, 3.63) is 10.4 Å². The Balaban J connectivity index is 1.86. The molecule has 19 heavy (non-hydrogen) atoms. The molecule has 1 unspecified atom stereocenters. The fourth-order valence-electron chi connectivity index (χ4n) is 3.32. The van der Waals surface area contributed by atoms with Crippen LogP contribution < -0.4 is 0 Å². The number of rotatable bonds is 4. The maximum absolute atomic E-state index is 12.0. The Morgan fingerprint density at radius 3 is 2.63 bits per heavy atom. The fraction of sp³-hybridized carbons (Fsp3) is 0.923. The molecule has 6 nitrogen and oxygen atoms in total. The second-order valence-electron chi connectivity index (χ2n) is 5.96. The van der Waals surface area contributed by atoms with Gasteiger partial charge in [-0.1, -0.05) is 5.11 Å². The summed E-state index contributed by atoms with van der Waals surface area (Å²) in [6.45, 7) is 1.22. The highest BCUT2D eigenvalue weighted by atomic mass is 16.2. The van der Waals surface area contributed by atoms with Gasteiger partial charge in [-0.25, -0.2) is 0 Å². The van der Waals surface area contributed by atoms with E-state index in [9.17, 15) is 4.79 Å². The molecule has 1 aliphatic heterocycles. The average Bonchev–Trinajstić information content (AvgIpc) is 2.77. The third-order valence-electron chi connectivity index (χ3n) is 4.48. The van der Waals surface area contributed by atoms with Crippen LogP contribution in [0.25, 0.3) is 10.4 Å². The molecule has 0 aromatic rings. The van der Waals surface area contributed by atoms with E-state index in [1.165, 1.54) is 12.8 Å². The first kappa shape index (κ1) is 14.2. The van der Waals surface area contributed by atoms with Gasteiger partial charge in [-0.2, -0.15) is 0 Å². The number of hydrogen-bond acceptors (Lipinski definition) is 3. The molecule has 0 aromatic carbocycles. The highest BCUT2D eigenvalue weighted by Gasteiger charge is 2.35. The molecule has 6 heteroatoms. The summed E-state index contributed by atoms with van der Waals surface area (Å²) in [6.07, 6.45) is 5.09. The van der Waals surface area contributed by atoms with Crippen molar-refractivity contribution in [2.24, 2.45) is 11.0 Å². The molecule has 0 N–H and O–H groups in total. The second kappa shape index (κ2) is 6.26. The van der Waals surface area contributed by atoms with Gasteiger partial charge in [-0.05, 0) is 51.2 Å². The highest BCUT2D eigenvalue weighted by molar-refractivity contribution is 5.79. The van der Waals surface area contributed by atoms with Crippen LogP contribution in [0.2, 0.25) is 0 Å². The van der Waals surface area contributed by atoms with Crippen LogP contribution in [0.4, 0.5) is 0 Å². The van der Waals surface area contributed by atoms with E-state index in [0.717, 1.165) is 19.4 Å². The van der Waals surface area contributed by atoms with Gasteiger partial charge < -0.3 is 9.80 Å². The van der Waals surface area contributed by atoms with Crippen LogP contribution >= 0.6 is 0 Å². The topological polar surface area (TPSA) is 72.3 Å². The Morgan fingerprint density at radius 1 is 1.37 bits per heavy atom. The van der Waals surface area contributed by atoms with Gasteiger partial charge in [0, 0.05) is 36.5 Å². The minimum atomic E-state index is 0.218. The third kappa shape index (κ3) is 3.39. The number of azide groups is 1. The zero-order valence-corrected chi connectivity index (χ0v) is 11.8. The minimum absolute atomic E-state index is 0.218. The van der Waals surface area contributed by atoms with Crippen molar-refractivity contribution in [2.45, 2.75) is 44.2 Å². The van der Waals surface area contributed by atoms with Crippen LogP contribution in [0, 0.1) is 5.92 Å². The predicted octanol–water partition coefficient (Wildman–Crippen LogP) is 2.02. The highest BCUT2D eigenvalue weighted by Crippen LogP contribution is 2.30. The van der Waals surface area contributed by atoms with Crippen LogP contribution in [0.15, 0.2) is 5.11 Å². The summed E-state index contributed by atoms with van der Waals surface area (Å²) in [7, 11) is 4.25. The van der Waals surface area contributed by atoms with E-state index < -0.39 is 0 Å². The van der Waals surface area contributed by atoms with E-state index in [2.05, 4.69) is 29.0 Å². The first-order chi connectivity index (χ1) is 9.11. The first-order valence-electron chi connectivity index (χ1n) is 7.08. The molecular weight excluding hydrogens is 242 g/mol. The molecule has 1 aliphatic carbocycles. The fourth-order valence-corrected chi connectivity index (χ4v) is 3.32. The Kier molecular flexibility index (Phi) is 4.66. The first-order valence-corrected chi connectivity index (χ1v) is 7.08. The van der Waals surface area contributed by atoms with Crippen LogP contribution in [-0.4, -0.2) is 55.0 Å². The number of hydrogen-bond donors (Lipinski definition) is 0. The van der Waals surface area contributed by atoms with Gasteiger partial charge in [-0.15, -0.1) is 0 Å². The SMILES string of the molecule is CN(C)C1CCC(N2CC(CN=[N+]=[N-])CC2=O)CC1. The van der Waals surface area contributed by atoms with Crippen molar-refractivity contribution in [1.82, 2.24) is 9.80 Å². The van der Waals surface area contributed by atoms with Gasteiger partial charge in [0.05, 0.1) is 0 Å². The summed E-state index contributed by atoms with van der Waals surface area (Å²) in [5.41, 5.74) is 8.34. The molecule has 1 saturated carbocycles. The van der Waals surface area contributed by atoms with Gasteiger partial charge in [0.25, 0.3) is 0 Å². The zero-order valence-electron chi connectivity index (χ0n) is 11.8. The van der Waals surface area contributed by atoms with Crippen molar-refractivity contribution in [3.8, 4) is 0 Å². The summed E-state index contributed by atoms with van der Waals surface area (Å²) in [5, 5.41) is 3.60. The van der Waals surface area contributed by atoms with Crippen molar-refractivity contribution >= 4 is 5.91 Å². The lowest BCUT2D eigenvalue weighted by Gasteiger charge is -2.37. The van der Waals surface area contributed by atoms with E-state index in [4.69, 9.17) is 5.53 Å². The van der Waals surface area contributed by atoms with Crippen molar-refractivity contribution < 1.29 is 4.79 Å². The van der Waals surface area contributed by atoms with E-state index >= 15 is 0 Å². The maximum Gasteiger partial charge on any atom is 0.223 e. The Bertz CT molecular complexity index is 369. The number of amides is 1. The van der Waals surface area contributed by atoms with Gasteiger partial charge in [0.2, 0.25) is 5.91 Å². The Morgan fingerprint density at radius 2 is 2.05 bits per heavy atom. The van der Waals surface area contributed by atoms with Gasteiger partial charge in [-0.3, -0.25) is 4.79 Å². The number of carbonyl (C=O) groups excluding carboxylic acids is 1. The predicted molar refractivity (Wildman–Crippen MR) is 73.6 cm³/mol. The Hall–Kier alpha value is -1.26. The van der Waals surface area contributed by atoms with Crippen molar-refractivity contribution in [3.63, 3.8) is 0 Å². The number of likely N-dealkylation sites (tertiary alicyclic amines) is 1. The van der Waals surface area contributed by atoms with E-state index in [-0.39, 0.29) is 11.8 Å². The maximum atomic E-state index is 12.0. The average molecular weight is 265 g/mol. The van der Waals surface area contributed by atoms with E-state index in [1.54, 1.807) is 0 Å². The van der Waals surface area contributed by atoms with Gasteiger partial charge in [0.1, 0.15) is 0 Å². The van der Waals surface area contributed by atoms with Gasteiger partial charge >= 0.3 is 0 Å². The van der Waals surface area contributed by atoms with Crippen LogP contribution in [0.5, 0.6) is 0 Å². The minimum Gasteiger partial charge on any atom is -0.339 e. The molecule has 1 saturated heterocycles. The molecule has 2 fully saturated rings. The number of carbonyl (C=O) groups is 1. The molecule has 1 atom stereocenters. The molecule has 2 aliphatic rings. The molecule has 2 rings (SSSR count). The van der Waals surface area contributed by atoms with E-state index in [1.807, 2.05) is 4.90 Å². The molecular formula is C13H23N5O. The zero-order chi connectivity index (χ0) is 13.8. The molecule has 0 spiro atoms. The lowest BCUT2D eigenvalue weighted by atomic mass is 9.89. The molecule has 1 amide bonds. The molecule has 0 aromatic heterocycles. The van der Waals surface area contributed by atoms with E-state index in [0.29, 0.717) is 25.0 Å². The lowest BCUT2D eigenvalue weighted by molar-refractivity contribution is -0.130. The van der Waals surface area contributed by atoms with Gasteiger partial charge in [0.15, 0.2) is 0 Å². The van der Waals surface area contributed by atoms with Crippen molar-refractivity contribution in [2.75, 3.05) is 27.2 Å². The van der Waals surface area contributed by atoms with Crippen LogP contribution in [0.1, 0.15) is 32.1 Å². The summed E-state index contributed by atoms with van der Waals surface area (Å²) in [5.74, 6) is 0.460. The normalized spacial score (nSPS) is 31.6. The molecule has 106 valence electrons. The van der Waals surface area contributed by atoms with Crippen LogP contribution in [0.3, 0.4) is 0 Å². The number of nitrogens with zero attached hydrogens (tertiary/aromatic N) is 5. The summed E-state index contributed by atoms with van der Waals surface area (Å²) >= 11 is 0. The molecule has 0 bridgehead atoms. The monoisotopic (exact) mass is 265 g/mol. The largest absolute Gasteiger partial charge is 0.339 e. The second-order valence-corrected chi connectivity index (χ2v) is 5.96. The lowest BCUT2D eigenvalue weighted by Crippen LogP contribution is -2.42. The standard InChI is InChI=1S/C13H23N5O/c1-17(2)11-3-5-12(6-4-11)18-9-10(7-13(18)19)8-15-16-14/h10-12H,3-9H2,1-2H3. The Labute approximate surface area is 114 Å². The van der Waals surface area contributed by atoms with Crippen LogP contribution in [-0.2, 0) is 4.79 Å². The molecule has 0 radical (unpaired) electrons. The summed E-state index contributed by atoms with van der Waals surface area (Å²) in [4.78, 5) is 19.1. The summed E-state index contributed by atoms with van der Waals surface area (Å²) in [6, 6.07) is 1.06. The molecule has 1 heterocycles. The third-order valence-corrected chi connectivity index (χ3v) is 4.48. The summed E-state index contributed by atoms with van der Waals surface area (Å²) < 4.78 is 0. The smallest absolute Gasteiger partial charge is 0.223 e.